The maximum absolute atomic E-state index is 11.6. The zero-order chi connectivity index (χ0) is 12.8. The van der Waals surface area contributed by atoms with E-state index in [2.05, 4.69) is 0 Å². The molecule has 0 spiro atoms. The van der Waals surface area contributed by atoms with Crippen LogP contribution < -0.4 is 5.73 Å². The topological polar surface area (TPSA) is 97.5 Å². The van der Waals surface area contributed by atoms with E-state index in [0.29, 0.717) is 5.56 Å². The molecule has 2 rings (SSSR count). The zero-order valence-electron chi connectivity index (χ0n) is 9.20. The molecule has 17 heavy (non-hydrogen) atoms. The normalized spacial score (nSPS) is 32.1. The lowest BCUT2D eigenvalue weighted by Crippen LogP contribution is -2.39. The number of carboxylic acid groups (broad SMARTS) is 1. The number of nitrogens with two attached hydrogens (primary N) is 1. The molecule has 3 N–H and O–H groups in total. The molecule has 1 fully saturated rings. The second kappa shape index (κ2) is 3.54. The van der Waals surface area contributed by atoms with Gasteiger partial charge in [0.15, 0.2) is 9.84 Å². The molecule has 0 aromatic heterocycles. The third-order valence-corrected chi connectivity index (χ3v) is 4.75. The first-order chi connectivity index (χ1) is 7.79. The molecule has 0 unspecified atom stereocenters. The first-order valence-electron chi connectivity index (χ1n) is 5.05. The molecule has 0 aliphatic heterocycles. The Morgan fingerprint density at radius 2 is 1.88 bits per heavy atom. The summed E-state index contributed by atoms with van der Waals surface area (Å²) in [5, 5.41) is 8.04. The van der Waals surface area contributed by atoms with Crippen LogP contribution in [0.3, 0.4) is 0 Å². The van der Waals surface area contributed by atoms with Crippen molar-refractivity contribution in [2.24, 2.45) is 5.73 Å². The van der Waals surface area contributed by atoms with Gasteiger partial charge in [-0.2, -0.15) is 0 Å². The summed E-state index contributed by atoms with van der Waals surface area (Å²) in [5.74, 6) is -1.95. The van der Waals surface area contributed by atoms with Crippen LogP contribution >= 0.6 is 0 Å². The molecule has 1 aromatic carbocycles. The largest absolute Gasteiger partial charge is 0.480 e. The first-order valence-corrected chi connectivity index (χ1v) is 7.01. The summed E-state index contributed by atoms with van der Waals surface area (Å²) in [5.41, 5.74) is 4.66. The average Bonchev–Trinajstić information content (AvgIpc) is 2.88. The maximum atomic E-state index is 11.6. The quantitative estimate of drug-likeness (QED) is 0.791. The average molecular weight is 255 g/mol. The van der Waals surface area contributed by atoms with E-state index in [0.717, 1.165) is 6.26 Å². The highest BCUT2D eigenvalue weighted by Gasteiger charge is 2.73. The lowest BCUT2D eigenvalue weighted by Gasteiger charge is -2.04. The van der Waals surface area contributed by atoms with Crippen LogP contribution in [0.4, 0.5) is 0 Å². The van der Waals surface area contributed by atoms with Gasteiger partial charge in [-0.15, -0.1) is 0 Å². The third kappa shape index (κ3) is 1.73. The molecule has 1 saturated carbocycles. The smallest absolute Gasteiger partial charge is 0.325 e. The van der Waals surface area contributed by atoms with Crippen LogP contribution in [0, 0.1) is 0 Å². The van der Waals surface area contributed by atoms with E-state index in [9.17, 15) is 13.2 Å². The van der Waals surface area contributed by atoms with Gasteiger partial charge in [0.05, 0.1) is 5.25 Å². The molecular formula is C11H13NO4S. The summed E-state index contributed by atoms with van der Waals surface area (Å²) in [6.07, 6.45) is 1.02. The van der Waals surface area contributed by atoms with Gasteiger partial charge in [-0.05, 0) is 5.56 Å². The highest BCUT2D eigenvalue weighted by atomic mass is 32.2. The van der Waals surface area contributed by atoms with Crippen LogP contribution in [0.2, 0.25) is 0 Å². The second-order valence-electron chi connectivity index (χ2n) is 4.38. The Bertz CT molecular complexity index is 554. The SMILES string of the molecule is CS(=O)(=O)[C@@H]1[C@@H](c2ccccc2)[C@@]1(N)C(=O)O. The fourth-order valence-corrected chi connectivity index (χ4v) is 4.10. The minimum atomic E-state index is -3.49. The van der Waals surface area contributed by atoms with E-state index in [1.807, 2.05) is 0 Å². The first kappa shape index (κ1) is 12.1. The molecule has 0 bridgehead atoms. The Labute approximate surface area is 99.2 Å². The van der Waals surface area contributed by atoms with Crippen molar-refractivity contribution >= 4 is 15.8 Å². The van der Waals surface area contributed by atoms with Gasteiger partial charge in [0.25, 0.3) is 0 Å². The molecule has 0 amide bonds. The van der Waals surface area contributed by atoms with Crippen LogP contribution in [-0.2, 0) is 14.6 Å². The molecule has 0 saturated heterocycles. The van der Waals surface area contributed by atoms with Crippen molar-refractivity contribution in [2.45, 2.75) is 16.7 Å². The maximum Gasteiger partial charge on any atom is 0.325 e. The number of sulfone groups is 1. The Balaban J connectivity index is 2.46. The summed E-state index contributed by atoms with van der Waals surface area (Å²) in [7, 11) is -3.49. The van der Waals surface area contributed by atoms with E-state index in [4.69, 9.17) is 10.8 Å². The van der Waals surface area contributed by atoms with Gasteiger partial charge >= 0.3 is 5.97 Å². The fourth-order valence-electron chi connectivity index (χ4n) is 2.34. The van der Waals surface area contributed by atoms with Crippen LogP contribution in [0.1, 0.15) is 11.5 Å². The van der Waals surface area contributed by atoms with Crippen LogP contribution in [0.25, 0.3) is 0 Å². The molecule has 3 atom stereocenters. The molecule has 5 nitrogen and oxygen atoms in total. The summed E-state index contributed by atoms with van der Waals surface area (Å²) >= 11 is 0. The van der Waals surface area contributed by atoms with E-state index in [1.165, 1.54) is 0 Å². The Morgan fingerprint density at radius 3 is 2.24 bits per heavy atom. The van der Waals surface area contributed by atoms with Crippen molar-refractivity contribution in [3.05, 3.63) is 35.9 Å². The van der Waals surface area contributed by atoms with E-state index < -0.39 is 32.5 Å². The van der Waals surface area contributed by atoms with Gasteiger partial charge in [-0.1, -0.05) is 30.3 Å². The number of rotatable bonds is 3. The van der Waals surface area contributed by atoms with Gasteiger partial charge in [-0.25, -0.2) is 8.42 Å². The molecule has 1 aliphatic rings. The number of carbonyl (C=O) groups is 1. The third-order valence-electron chi connectivity index (χ3n) is 3.17. The molecule has 0 heterocycles. The summed E-state index contributed by atoms with van der Waals surface area (Å²) in [6.45, 7) is 0. The second-order valence-corrected chi connectivity index (χ2v) is 6.54. The van der Waals surface area contributed by atoms with Crippen molar-refractivity contribution in [2.75, 3.05) is 6.26 Å². The monoisotopic (exact) mass is 255 g/mol. The number of aliphatic carboxylic acids is 1. The molecule has 1 aromatic rings. The fraction of sp³-hybridized carbons (Fsp3) is 0.364. The van der Waals surface area contributed by atoms with Gasteiger partial charge in [0.2, 0.25) is 0 Å². The number of hydrogen-bond acceptors (Lipinski definition) is 4. The van der Waals surface area contributed by atoms with Gasteiger partial charge in [0.1, 0.15) is 5.54 Å². The molecule has 6 heteroatoms. The lowest BCUT2D eigenvalue weighted by molar-refractivity contribution is -0.139. The number of benzene rings is 1. The standard InChI is InChI=1S/C11H13NO4S/c1-17(15,16)9-8(11(9,12)10(13)14)7-5-3-2-4-6-7/h2-6,8-9H,12H2,1H3,(H,13,14)/t8-,9-,11+/m1/s1. The predicted molar refractivity (Wildman–Crippen MR) is 62.4 cm³/mol. The Morgan fingerprint density at radius 1 is 1.35 bits per heavy atom. The van der Waals surface area contributed by atoms with Crippen molar-refractivity contribution in [1.82, 2.24) is 0 Å². The molecule has 0 radical (unpaired) electrons. The van der Waals surface area contributed by atoms with Crippen molar-refractivity contribution < 1.29 is 18.3 Å². The van der Waals surface area contributed by atoms with Gasteiger partial charge in [0, 0.05) is 12.2 Å². The number of hydrogen-bond donors (Lipinski definition) is 2. The highest BCUT2D eigenvalue weighted by molar-refractivity contribution is 7.91. The predicted octanol–water partition coefficient (Wildman–Crippen LogP) is -0.0209. The minimum Gasteiger partial charge on any atom is -0.480 e. The number of carboxylic acids is 1. The molecule has 1 aliphatic carbocycles. The molecular weight excluding hydrogens is 242 g/mol. The van der Waals surface area contributed by atoms with Crippen molar-refractivity contribution in [3.8, 4) is 0 Å². The van der Waals surface area contributed by atoms with Crippen LogP contribution in [-0.4, -0.2) is 36.5 Å². The lowest BCUT2D eigenvalue weighted by atomic mass is 10.1. The van der Waals surface area contributed by atoms with E-state index in [1.54, 1.807) is 30.3 Å². The van der Waals surface area contributed by atoms with E-state index >= 15 is 0 Å². The summed E-state index contributed by atoms with van der Waals surface area (Å²) in [4.78, 5) is 11.1. The van der Waals surface area contributed by atoms with Crippen LogP contribution in [0.5, 0.6) is 0 Å². The van der Waals surface area contributed by atoms with Crippen LogP contribution in [0.15, 0.2) is 30.3 Å². The Hall–Kier alpha value is -1.40. The van der Waals surface area contributed by atoms with Gasteiger partial charge < -0.3 is 10.8 Å². The van der Waals surface area contributed by atoms with Gasteiger partial charge in [-0.3, -0.25) is 4.79 Å². The van der Waals surface area contributed by atoms with Crippen molar-refractivity contribution in [3.63, 3.8) is 0 Å². The zero-order valence-corrected chi connectivity index (χ0v) is 10.0. The Kier molecular flexibility index (Phi) is 2.52. The van der Waals surface area contributed by atoms with Crippen molar-refractivity contribution in [1.29, 1.82) is 0 Å². The van der Waals surface area contributed by atoms with E-state index in [-0.39, 0.29) is 0 Å². The summed E-state index contributed by atoms with van der Waals surface area (Å²) in [6, 6.07) is 8.63. The molecule has 92 valence electrons. The summed E-state index contributed by atoms with van der Waals surface area (Å²) < 4.78 is 23.1. The highest BCUT2D eigenvalue weighted by Crippen LogP contribution is 2.53. The minimum absolute atomic E-state index is 0.646.